The first-order valence-corrected chi connectivity index (χ1v) is 4.84. The van der Waals surface area contributed by atoms with Crippen LogP contribution in [0.1, 0.15) is 51.9 Å². The van der Waals surface area contributed by atoms with Gasteiger partial charge in [0.05, 0.1) is 5.60 Å². The SMILES string of the molecule is CC1(O)CC2(CCCCC2)C1. The third kappa shape index (κ3) is 1.31. The smallest absolute Gasteiger partial charge is 0.0630 e. The largest absolute Gasteiger partial charge is 0.390 e. The van der Waals surface area contributed by atoms with E-state index in [4.69, 9.17) is 0 Å². The Morgan fingerprint density at radius 2 is 1.55 bits per heavy atom. The van der Waals surface area contributed by atoms with Crippen molar-refractivity contribution in [1.29, 1.82) is 0 Å². The van der Waals surface area contributed by atoms with Crippen molar-refractivity contribution in [2.24, 2.45) is 5.41 Å². The molecule has 11 heavy (non-hydrogen) atoms. The van der Waals surface area contributed by atoms with Crippen LogP contribution < -0.4 is 0 Å². The first kappa shape index (κ1) is 7.60. The van der Waals surface area contributed by atoms with Gasteiger partial charge < -0.3 is 5.11 Å². The Balaban J connectivity index is 1.94. The van der Waals surface area contributed by atoms with E-state index in [1.807, 2.05) is 6.92 Å². The van der Waals surface area contributed by atoms with Gasteiger partial charge in [0.25, 0.3) is 0 Å². The molecule has 64 valence electrons. The quantitative estimate of drug-likeness (QED) is 0.568. The molecule has 2 aliphatic rings. The fourth-order valence-electron chi connectivity index (χ4n) is 3.22. The van der Waals surface area contributed by atoms with E-state index in [2.05, 4.69) is 0 Å². The predicted octanol–water partition coefficient (Wildman–Crippen LogP) is 2.48. The minimum absolute atomic E-state index is 0.308. The fourth-order valence-corrected chi connectivity index (χ4v) is 3.22. The van der Waals surface area contributed by atoms with Crippen molar-refractivity contribution in [2.45, 2.75) is 57.5 Å². The van der Waals surface area contributed by atoms with E-state index in [1.165, 1.54) is 32.1 Å². The van der Waals surface area contributed by atoms with Crippen molar-refractivity contribution in [1.82, 2.24) is 0 Å². The molecular weight excluding hydrogens is 136 g/mol. The molecule has 0 heterocycles. The molecule has 2 rings (SSSR count). The van der Waals surface area contributed by atoms with Crippen LogP contribution in [0, 0.1) is 5.41 Å². The molecule has 0 aliphatic heterocycles. The Hall–Kier alpha value is -0.0400. The van der Waals surface area contributed by atoms with E-state index in [1.54, 1.807) is 0 Å². The van der Waals surface area contributed by atoms with Gasteiger partial charge in [-0.25, -0.2) is 0 Å². The van der Waals surface area contributed by atoms with Crippen LogP contribution in [0.25, 0.3) is 0 Å². The van der Waals surface area contributed by atoms with Crippen LogP contribution in [0.3, 0.4) is 0 Å². The number of rotatable bonds is 0. The second kappa shape index (κ2) is 2.22. The maximum absolute atomic E-state index is 9.63. The van der Waals surface area contributed by atoms with Crippen molar-refractivity contribution in [3.8, 4) is 0 Å². The third-order valence-corrected chi connectivity index (χ3v) is 3.43. The highest BCUT2D eigenvalue weighted by Crippen LogP contribution is 2.56. The molecule has 2 aliphatic carbocycles. The minimum Gasteiger partial charge on any atom is -0.390 e. The maximum Gasteiger partial charge on any atom is 0.0630 e. The normalized spacial score (nSPS) is 33.3. The Morgan fingerprint density at radius 1 is 1.00 bits per heavy atom. The summed E-state index contributed by atoms with van der Waals surface area (Å²) >= 11 is 0. The summed E-state index contributed by atoms with van der Waals surface area (Å²) in [5.74, 6) is 0. The van der Waals surface area contributed by atoms with Gasteiger partial charge in [-0.2, -0.15) is 0 Å². The molecule has 1 nitrogen and oxygen atoms in total. The van der Waals surface area contributed by atoms with Gasteiger partial charge in [-0.05, 0) is 38.0 Å². The lowest BCUT2D eigenvalue weighted by Gasteiger charge is -2.54. The van der Waals surface area contributed by atoms with Crippen LogP contribution in [0.15, 0.2) is 0 Å². The lowest BCUT2D eigenvalue weighted by atomic mass is 9.54. The highest BCUT2D eigenvalue weighted by Gasteiger charge is 2.50. The molecule has 0 bridgehead atoms. The topological polar surface area (TPSA) is 20.2 Å². The second-order valence-corrected chi connectivity index (χ2v) is 4.91. The second-order valence-electron chi connectivity index (χ2n) is 4.91. The van der Waals surface area contributed by atoms with E-state index in [0.717, 1.165) is 12.8 Å². The molecular formula is C10H18O. The molecule has 0 aromatic heterocycles. The number of hydrogen-bond acceptors (Lipinski definition) is 1. The monoisotopic (exact) mass is 154 g/mol. The first-order valence-electron chi connectivity index (χ1n) is 4.84. The van der Waals surface area contributed by atoms with Crippen LogP contribution >= 0.6 is 0 Å². The summed E-state index contributed by atoms with van der Waals surface area (Å²) in [6, 6.07) is 0. The molecule has 1 heteroatoms. The van der Waals surface area contributed by atoms with Gasteiger partial charge in [0, 0.05) is 0 Å². The summed E-state index contributed by atoms with van der Waals surface area (Å²) in [6.07, 6.45) is 9.11. The maximum atomic E-state index is 9.63. The van der Waals surface area contributed by atoms with E-state index in [9.17, 15) is 5.11 Å². The fraction of sp³-hybridized carbons (Fsp3) is 1.00. The molecule has 1 spiro atoms. The van der Waals surface area contributed by atoms with Crippen molar-refractivity contribution in [2.75, 3.05) is 0 Å². The molecule has 0 radical (unpaired) electrons. The van der Waals surface area contributed by atoms with Gasteiger partial charge in [-0.3, -0.25) is 0 Å². The van der Waals surface area contributed by atoms with Crippen LogP contribution in [-0.4, -0.2) is 10.7 Å². The van der Waals surface area contributed by atoms with Crippen molar-refractivity contribution in [3.05, 3.63) is 0 Å². The van der Waals surface area contributed by atoms with Gasteiger partial charge in [-0.1, -0.05) is 19.3 Å². The summed E-state index contributed by atoms with van der Waals surface area (Å²) in [5.41, 5.74) is 0.277. The highest BCUT2D eigenvalue weighted by atomic mass is 16.3. The minimum atomic E-state index is -0.308. The molecule has 1 N–H and O–H groups in total. The van der Waals surface area contributed by atoms with Gasteiger partial charge in [0.1, 0.15) is 0 Å². The summed E-state index contributed by atoms with van der Waals surface area (Å²) in [5, 5.41) is 9.63. The molecule has 0 amide bonds. The lowest BCUT2D eigenvalue weighted by molar-refractivity contribution is -0.129. The Morgan fingerprint density at radius 3 is 2.00 bits per heavy atom. The standard InChI is InChI=1S/C10H18O/c1-9(11)7-10(8-9)5-3-2-4-6-10/h11H,2-8H2,1H3. The molecule has 2 saturated carbocycles. The molecule has 0 unspecified atom stereocenters. The van der Waals surface area contributed by atoms with Crippen molar-refractivity contribution in [3.63, 3.8) is 0 Å². The van der Waals surface area contributed by atoms with Gasteiger partial charge >= 0.3 is 0 Å². The summed E-state index contributed by atoms with van der Waals surface area (Å²) in [4.78, 5) is 0. The average molecular weight is 154 g/mol. The Bertz CT molecular complexity index is 144. The van der Waals surface area contributed by atoms with Gasteiger partial charge in [-0.15, -0.1) is 0 Å². The van der Waals surface area contributed by atoms with Crippen LogP contribution in [0.2, 0.25) is 0 Å². The molecule has 2 fully saturated rings. The zero-order chi connectivity index (χ0) is 7.95. The summed E-state index contributed by atoms with van der Waals surface area (Å²) in [6.45, 7) is 1.98. The van der Waals surface area contributed by atoms with Crippen LogP contribution in [0.4, 0.5) is 0 Å². The first-order chi connectivity index (χ1) is 5.12. The van der Waals surface area contributed by atoms with Gasteiger partial charge in [0.15, 0.2) is 0 Å². The Labute approximate surface area is 68.8 Å². The van der Waals surface area contributed by atoms with Crippen molar-refractivity contribution >= 4 is 0 Å². The molecule has 0 aromatic carbocycles. The summed E-state index contributed by atoms with van der Waals surface area (Å²) < 4.78 is 0. The van der Waals surface area contributed by atoms with E-state index >= 15 is 0 Å². The Kier molecular flexibility index (Phi) is 1.54. The summed E-state index contributed by atoms with van der Waals surface area (Å²) in [7, 11) is 0. The van der Waals surface area contributed by atoms with Crippen molar-refractivity contribution < 1.29 is 5.11 Å². The lowest BCUT2D eigenvalue weighted by Crippen LogP contribution is -2.50. The number of aliphatic hydroxyl groups is 1. The number of hydrogen-bond donors (Lipinski definition) is 1. The molecule has 0 saturated heterocycles. The highest BCUT2D eigenvalue weighted by molar-refractivity contribution is 5.02. The predicted molar refractivity (Wildman–Crippen MR) is 45.4 cm³/mol. The molecule has 0 aromatic rings. The van der Waals surface area contributed by atoms with Gasteiger partial charge in [0.2, 0.25) is 0 Å². The third-order valence-electron chi connectivity index (χ3n) is 3.43. The van der Waals surface area contributed by atoms with E-state index in [-0.39, 0.29) is 5.60 Å². The van der Waals surface area contributed by atoms with E-state index < -0.39 is 0 Å². The molecule has 0 atom stereocenters. The van der Waals surface area contributed by atoms with Crippen LogP contribution in [0.5, 0.6) is 0 Å². The zero-order valence-corrected chi connectivity index (χ0v) is 7.40. The van der Waals surface area contributed by atoms with Crippen LogP contribution in [-0.2, 0) is 0 Å². The average Bonchev–Trinajstić information content (AvgIpc) is 1.85. The van der Waals surface area contributed by atoms with E-state index in [0.29, 0.717) is 5.41 Å². The zero-order valence-electron chi connectivity index (χ0n) is 7.40.